The molecule has 0 fully saturated rings. The van der Waals surface area contributed by atoms with Crippen molar-refractivity contribution in [3.63, 3.8) is 0 Å². The van der Waals surface area contributed by atoms with Crippen LogP contribution in [0.25, 0.3) is 0 Å². The first kappa shape index (κ1) is 21.9. The fourth-order valence-electron chi connectivity index (χ4n) is 2.74. The number of guanidine groups is 1. The number of nitrogens with zero attached hydrogens (tertiary/aromatic N) is 1. The lowest BCUT2D eigenvalue weighted by molar-refractivity contribution is 0.602. The van der Waals surface area contributed by atoms with Crippen LogP contribution in [0.5, 0.6) is 0 Å². The van der Waals surface area contributed by atoms with E-state index in [0.717, 1.165) is 42.9 Å². The van der Waals surface area contributed by atoms with Gasteiger partial charge in [-0.3, -0.25) is 4.99 Å². The normalized spacial score (nSPS) is 12.0. The molecule has 2 rings (SSSR count). The van der Waals surface area contributed by atoms with Crippen LogP contribution in [0.2, 0.25) is 0 Å². The highest BCUT2D eigenvalue weighted by atomic mass is 32.2. The third kappa shape index (κ3) is 7.68. The minimum absolute atomic E-state index is 0.208. The Kier molecular flexibility index (Phi) is 8.44. The van der Waals surface area contributed by atoms with Crippen LogP contribution in [0.4, 0.5) is 4.39 Å². The molecule has 0 saturated carbocycles. The maximum absolute atomic E-state index is 13.2. The second-order valence-electron chi connectivity index (χ2n) is 6.59. The van der Waals surface area contributed by atoms with Crippen LogP contribution in [-0.2, 0) is 22.7 Å². The zero-order valence-electron chi connectivity index (χ0n) is 16.4. The molecule has 0 aliphatic carbocycles. The van der Waals surface area contributed by atoms with Crippen LogP contribution in [0.1, 0.15) is 24.5 Å². The molecule has 0 aliphatic heterocycles. The highest BCUT2D eigenvalue weighted by Gasteiger charge is 2.06. The van der Waals surface area contributed by atoms with Crippen molar-refractivity contribution in [3.05, 3.63) is 65.5 Å². The Morgan fingerprint density at radius 2 is 1.79 bits per heavy atom. The quantitative estimate of drug-likeness (QED) is 0.382. The molecular weight excluding hydrogens is 377 g/mol. The van der Waals surface area contributed by atoms with Gasteiger partial charge in [-0.25, -0.2) is 12.8 Å². The summed E-state index contributed by atoms with van der Waals surface area (Å²) in [5, 5.41) is 6.49. The van der Waals surface area contributed by atoms with Crippen molar-refractivity contribution in [3.8, 4) is 0 Å². The van der Waals surface area contributed by atoms with Crippen molar-refractivity contribution in [2.75, 3.05) is 25.9 Å². The topological polar surface area (TPSA) is 70.6 Å². The van der Waals surface area contributed by atoms with Crippen molar-refractivity contribution in [1.82, 2.24) is 10.6 Å². The summed E-state index contributed by atoms with van der Waals surface area (Å²) >= 11 is 0. The van der Waals surface area contributed by atoms with Gasteiger partial charge in [-0.1, -0.05) is 24.3 Å². The molecule has 5 nitrogen and oxygen atoms in total. The van der Waals surface area contributed by atoms with Crippen LogP contribution in [0.15, 0.2) is 58.4 Å². The van der Waals surface area contributed by atoms with E-state index in [2.05, 4.69) is 15.6 Å². The van der Waals surface area contributed by atoms with Crippen LogP contribution in [0, 0.1) is 5.82 Å². The molecule has 0 spiro atoms. The second-order valence-corrected chi connectivity index (χ2v) is 8.60. The van der Waals surface area contributed by atoms with Gasteiger partial charge in [0.1, 0.15) is 5.82 Å². The number of aryl methyl sites for hydroxylation is 1. The smallest absolute Gasteiger partial charge is 0.191 e. The standard InChI is InChI=1S/C21H28FN3O2S/c1-3-23-21(24-14-5-7-18-6-4-8-19(22)16-18)25-15-13-17-9-11-20(12-10-17)28(2,26)27/h4,6,8-12,16H,3,5,7,13-15H2,1-2H3,(H2,23,24,25). The van der Waals surface area contributed by atoms with Crippen molar-refractivity contribution in [2.45, 2.75) is 31.1 Å². The number of hydrogen-bond acceptors (Lipinski definition) is 3. The molecule has 0 saturated heterocycles. The lowest BCUT2D eigenvalue weighted by atomic mass is 10.1. The molecule has 7 heteroatoms. The molecule has 2 aromatic carbocycles. The van der Waals surface area contributed by atoms with Crippen LogP contribution >= 0.6 is 0 Å². The molecule has 0 bridgehead atoms. The van der Waals surface area contributed by atoms with E-state index in [1.807, 2.05) is 25.1 Å². The lowest BCUT2D eigenvalue weighted by Gasteiger charge is -2.11. The van der Waals surface area contributed by atoms with Gasteiger partial charge < -0.3 is 10.6 Å². The summed E-state index contributed by atoms with van der Waals surface area (Å²) in [5.74, 6) is 0.537. The van der Waals surface area contributed by atoms with Gasteiger partial charge in [0.2, 0.25) is 0 Å². The summed E-state index contributed by atoms with van der Waals surface area (Å²) in [7, 11) is -3.16. The van der Waals surface area contributed by atoms with E-state index in [9.17, 15) is 12.8 Å². The molecule has 0 radical (unpaired) electrons. The maximum atomic E-state index is 13.2. The number of sulfone groups is 1. The lowest BCUT2D eigenvalue weighted by Crippen LogP contribution is -2.38. The molecular formula is C21H28FN3O2S. The largest absolute Gasteiger partial charge is 0.357 e. The molecule has 0 aliphatic rings. The number of nitrogens with one attached hydrogen (secondary N) is 2. The van der Waals surface area contributed by atoms with E-state index in [-0.39, 0.29) is 5.82 Å². The van der Waals surface area contributed by atoms with E-state index in [1.165, 1.54) is 12.3 Å². The van der Waals surface area contributed by atoms with Gasteiger partial charge >= 0.3 is 0 Å². The average Bonchev–Trinajstić information content (AvgIpc) is 2.65. The minimum Gasteiger partial charge on any atom is -0.357 e. The van der Waals surface area contributed by atoms with Crippen LogP contribution in [-0.4, -0.2) is 40.3 Å². The number of benzene rings is 2. The maximum Gasteiger partial charge on any atom is 0.191 e. The zero-order chi connectivity index (χ0) is 20.4. The molecule has 2 aromatic rings. The van der Waals surface area contributed by atoms with Crippen LogP contribution in [0.3, 0.4) is 0 Å². The van der Waals surface area contributed by atoms with Gasteiger partial charge in [0.25, 0.3) is 0 Å². The fraction of sp³-hybridized carbons (Fsp3) is 0.381. The Hall–Kier alpha value is -2.41. The van der Waals surface area contributed by atoms with E-state index in [4.69, 9.17) is 0 Å². The molecule has 0 atom stereocenters. The first-order chi connectivity index (χ1) is 13.4. The zero-order valence-corrected chi connectivity index (χ0v) is 17.2. The summed E-state index contributed by atoms with van der Waals surface area (Å²) in [5.41, 5.74) is 2.03. The van der Waals surface area contributed by atoms with Gasteiger partial charge in [0, 0.05) is 25.9 Å². The Morgan fingerprint density at radius 1 is 1.04 bits per heavy atom. The third-order valence-electron chi connectivity index (χ3n) is 4.18. The number of rotatable bonds is 9. The van der Waals surface area contributed by atoms with Crippen molar-refractivity contribution in [1.29, 1.82) is 0 Å². The Bertz CT molecular complexity index is 881. The highest BCUT2D eigenvalue weighted by molar-refractivity contribution is 7.90. The monoisotopic (exact) mass is 405 g/mol. The van der Waals surface area contributed by atoms with Crippen molar-refractivity contribution in [2.24, 2.45) is 4.99 Å². The van der Waals surface area contributed by atoms with Gasteiger partial charge in [-0.2, -0.15) is 0 Å². The van der Waals surface area contributed by atoms with E-state index in [0.29, 0.717) is 18.0 Å². The number of halogens is 1. The summed E-state index contributed by atoms with van der Waals surface area (Å²) in [6, 6.07) is 13.6. The summed E-state index contributed by atoms with van der Waals surface area (Å²) in [6.07, 6.45) is 3.59. The van der Waals surface area contributed by atoms with Crippen molar-refractivity contribution < 1.29 is 12.8 Å². The Balaban J connectivity index is 1.79. The predicted molar refractivity (Wildman–Crippen MR) is 112 cm³/mol. The summed E-state index contributed by atoms with van der Waals surface area (Å²) < 4.78 is 36.2. The Morgan fingerprint density at radius 3 is 2.43 bits per heavy atom. The van der Waals surface area contributed by atoms with Gasteiger partial charge in [0.05, 0.1) is 4.90 Å². The molecule has 0 unspecified atom stereocenters. The molecule has 152 valence electrons. The molecule has 2 N–H and O–H groups in total. The van der Waals surface area contributed by atoms with Crippen molar-refractivity contribution >= 4 is 15.8 Å². The Labute approximate surface area is 167 Å². The second kappa shape index (κ2) is 10.8. The van der Waals surface area contributed by atoms with Crippen LogP contribution < -0.4 is 10.6 Å². The number of hydrogen-bond donors (Lipinski definition) is 2. The molecule has 0 heterocycles. The molecule has 0 aromatic heterocycles. The molecule has 0 amide bonds. The van der Waals surface area contributed by atoms with E-state index in [1.54, 1.807) is 24.3 Å². The SMILES string of the molecule is CCNC(=NCCCc1cccc(F)c1)NCCc1ccc(S(C)(=O)=O)cc1. The minimum atomic E-state index is -3.16. The first-order valence-electron chi connectivity index (χ1n) is 9.44. The van der Waals surface area contributed by atoms with E-state index >= 15 is 0 Å². The average molecular weight is 406 g/mol. The summed E-state index contributed by atoms with van der Waals surface area (Å²) in [6.45, 7) is 4.11. The third-order valence-corrected chi connectivity index (χ3v) is 5.31. The molecule has 28 heavy (non-hydrogen) atoms. The highest BCUT2D eigenvalue weighted by Crippen LogP contribution is 2.10. The van der Waals surface area contributed by atoms with Gasteiger partial charge in [-0.05, 0) is 61.6 Å². The first-order valence-corrected chi connectivity index (χ1v) is 11.3. The van der Waals surface area contributed by atoms with E-state index < -0.39 is 9.84 Å². The van der Waals surface area contributed by atoms with Gasteiger partial charge in [0.15, 0.2) is 15.8 Å². The summed E-state index contributed by atoms with van der Waals surface area (Å²) in [4.78, 5) is 4.88. The van der Waals surface area contributed by atoms with Gasteiger partial charge in [-0.15, -0.1) is 0 Å². The predicted octanol–water partition coefficient (Wildman–Crippen LogP) is 2.96. The fourth-order valence-corrected chi connectivity index (χ4v) is 3.37. The number of aliphatic imine (C=N–C) groups is 1.